The first-order valence-corrected chi connectivity index (χ1v) is 4.70. The van der Waals surface area contributed by atoms with Gasteiger partial charge in [0.15, 0.2) is 0 Å². The highest BCUT2D eigenvalue weighted by molar-refractivity contribution is 5.73. The van der Waals surface area contributed by atoms with Crippen molar-refractivity contribution in [1.29, 1.82) is 0 Å². The molecule has 0 spiro atoms. The Balaban J connectivity index is 2.69. The second-order valence-electron chi connectivity index (χ2n) is 3.30. The second kappa shape index (κ2) is 5.43. The van der Waals surface area contributed by atoms with Gasteiger partial charge < -0.3 is 16.2 Å². The fourth-order valence-corrected chi connectivity index (χ4v) is 1.37. The van der Waals surface area contributed by atoms with Gasteiger partial charge in [0.25, 0.3) is 0 Å². The number of carboxylic acids is 1. The summed E-state index contributed by atoms with van der Waals surface area (Å²) in [5, 5.41) is 11.7. The summed E-state index contributed by atoms with van der Waals surface area (Å²) in [7, 11) is 1.78. The summed E-state index contributed by atoms with van der Waals surface area (Å²) in [4.78, 5) is 14.5. The van der Waals surface area contributed by atoms with Gasteiger partial charge in [0.05, 0.1) is 0 Å². The van der Waals surface area contributed by atoms with Crippen LogP contribution in [0.2, 0.25) is 0 Å². The monoisotopic (exact) mass is 209 g/mol. The number of nitrogens with two attached hydrogens (primary N) is 1. The first-order valence-electron chi connectivity index (χ1n) is 4.70. The minimum absolute atomic E-state index is 0.0564. The average molecular weight is 209 g/mol. The molecule has 1 rings (SSSR count). The smallest absolute Gasteiger partial charge is 0.320 e. The molecule has 0 saturated heterocycles. The molecule has 0 amide bonds. The van der Waals surface area contributed by atoms with Crippen LogP contribution in [-0.4, -0.2) is 29.1 Å². The van der Waals surface area contributed by atoms with Gasteiger partial charge in [0, 0.05) is 18.4 Å². The van der Waals surface area contributed by atoms with E-state index in [0.717, 1.165) is 5.56 Å². The Morgan fingerprint density at radius 1 is 1.60 bits per heavy atom. The molecule has 0 aliphatic heterocycles. The molecular weight excluding hydrogens is 194 g/mol. The number of pyridine rings is 1. The van der Waals surface area contributed by atoms with E-state index in [1.807, 2.05) is 12.1 Å². The standard InChI is InChI=1S/C10H15N3O2/c1-12-9(6-8(11)10(14)15)7-2-4-13-5-3-7/h2-5,8-9,12H,6,11H2,1H3,(H,14,15). The van der Waals surface area contributed by atoms with E-state index in [0.29, 0.717) is 6.42 Å². The molecule has 2 atom stereocenters. The molecule has 15 heavy (non-hydrogen) atoms. The van der Waals surface area contributed by atoms with Crippen LogP contribution in [0.5, 0.6) is 0 Å². The van der Waals surface area contributed by atoms with Gasteiger partial charge in [0.1, 0.15) is 6.04 Å². The fraction of sp³-hybridized carbons (Fsp3) is 0.400. The highest BCUT2D eigenvalue weighted by atomic mass is 16.4. The van der Waals surface area contributed by atoms with Gasteiger partial charge in [-0.3, -0.25) is 9.78 Å². The molecular formula is C10H15N3O2. The first kappa shape index (κ1) is 11.6. The number of nitrogens with one attached hydrogen (secondary N) is 1. The van der Waals surface area contributed by atoms with Crippen molar-refractivity contribution in [2.24, 2.45) is 5.73 Å². The van der Waals surface area contributed by atoms with Crippen molar-refractivity contribution in [1.82, 2.24) is 10.3 Å². The summed E-state index contributed by atoms with van der Waals surface area (Å²) in [6.45, 7) is 0. The molecule has 0 bridgehead atoms. The van der Waals surface area contributed by atoms with Gasteiger partial charge in [-0.05, 0) is 31.2 Å². The highest BCUT2D eigenvalue weighted by Crippen LogP contribution is 2.16. The van der Waals surface area contributed by atoms with Crippen LogP contribution in [-0.2, 0) is 4.79 Å². The van der Waals surface area contributed by atoms with Gasteiger partial charge in [-0.25, -0.2) is 0 Å². The van der Waals surface area contributed by atoms with E-state index in [9.17, 15) is 4.79 Å². The molecule has 0 aromatic carbocycles. The summed E-state index contributed by atoms with van der Waals surface area (Å²) < 4.78 is 0. The van der Waals surface area contributed by atoms with Crippen molar-refractivity contribution in [3.8, 4) is 0 Å². The third-order valence-corrected chi connectivity index (χ3v) is 2.26. The SMILES string of the molecule is CNC(CC(N)C(=O)O)c1ccncc1. The molecule has 82 valence electrons. The molecule has 1 heterocycles. The Morgan fingerprint density at radius 2 is 2.20 bits per heavy atom. The molecule has 1 aromatic heterocycles. The van der Waals surface area contributed by atoms with Gasteiger partial charge in [-0.15, -0.1) is 0 Å². The van der Waals surface area contributed by atoms with Crippen LogP contribution in [0.4, 0.5) is 0 Å². The van der Waals surface area contributed by atoms with E-state index in [4.69, 9.17) is 10.8 Å². The Bertz CT molecular complexity index is 316. The second-order valence-corrected chi connectivity index (χ2v) is 3.30. The maximum Gasteiger partial charge on any atom is 0.320 e. The van der Waals surface area contributed by atoms with Crippen LogP contribution in [0.3, 0.4) is 0 Å². The Kier molecular flexibility index (Phi) is 4.20. The van der Waals surface area contributed by atoms with Crippen molar-refractivity contribution in [2.75, 3.05) is 7.05 Å². The van der Waals surface area contributed by atoms with E-state index in [1.54, 1.807) is 19.4 Å². The maximum atomic E-state index is 10.6. The number of carbonyl (C=O) groups is 1. The maximum absolute atomic E-state index is 10.6. The lowest BCUT2D eigenvalue weighted by atomic mass is 10.0. The van der Waals surface area contributed by atoms with Crippen molar-refractivity contribution in [2.45, 2.75) is 18.5 Å². The van der Waals surface area contributed by atoms with Crippen LogP contribution in [0, 0.1) is 0 Å². The van der Waals surface area contributed by atoms with E-state index >= 15 is 0 Å². The van der Waals surface area contributed by atoms with Gasteiger partial charge in [0.2, 0.25) is 0 Å². The van der Waals surface area contributed by atoms with Crippen molar-refractivity contribution >= 4 is 5.97 Å². The molecule has 0 aliphatic carbocycles. The number of carboxylic acid groups (broad SMARTS) is 1. The molecule has 0 aliphatic rings. The van der Waals surface area contributed by atoms with E-state index in [2.05, 4.69) is 10.3 Å². The lowest BCUT2D eigenvalue weighted by Crippen LogP contribution is -2.34. The normalized spacial score (nSPS) is 14.5. The fourth-order valence-electron chi connectivity index (χ4n) is 1.37. The first-order chi connectivity index (χ1) is 7.15. The van der Waals surface area contributed by atoms with Gasteiger partial charge >= 0.3 is 5.97 Å². The molecule has 5 nitrogen and oxygen atoms in total. The number of aliphatic carboxylic acids is 1. The van der Waals surface area contributed by atoms with Crippen LogP contribution in [0.15, 0.2) is 24.5 Å². The predicted molar refractivity (Wildman–Crippen MR) is 56.3 cm³/mol. The van der Waals surface area contributed by atoms with E-state index in [-0.39, 0.29) is 6.04 Å². The summed E-state index contributed by atoms with van der Waals surface area (Å²) in [6, 6.07) is 2.78. The number of hydrogen-bond donors (Lipinski definition) is 3. The zero-order valence-electron chi connectivity index (χ0n) is 8.55. The Morgan fingerprint density at radius 3 is 2.67 bits per heavy atom. The Labute approximate surface area is 88.3 Å². The zero-order chi connectivity index (χ0) is 11.3. The topological polar surface area (TPSA) is 88.2 Å². The van der Waals surface area contributed by atoms with Crippen molar-refractivity contribution < 1.29 is 9.90 Å². The minimum Gasteiger partial charge on any atom is -0.480 e. The average Bonchev–Trinajstić information content (AvgIpc) is 2.26. The molecule has 2 unspecified atom stereocenters. The number of hydrogen-bond acceptors (Lipinski definition) is 4. The van der Waals surface area contributed by atoms with Crippen LogP contribution < -0.4 is 11.1 Å². The summed E-state index contributed by atoms with van der Waals surface area (Å²) in [5.41, 5.74) is 6.47. The Hall–Kier alpha value is -1.46. The van der Waals surface area contributed by atoms with Gasteiger partial charge in [-0.2, -0.15) is 0 Å². The van der Waals surface area contributed by atoms with Crippen molar-refractivity contribution in [3.05, 3.63) is 30.1 Å². The molecule has 4 N–H and O–H groups in total. The van der Waals surface area contributed by atoms with Gasteiger partial charge in [-0.1, -0.05) is 0 Å². The quantitative estimate of drug-likeness (QED) is 0.642. The third kappa shape index (κ3) is 3.30. The largest absolute Gasteiger partial charge is 0.480 e. The lowest BCUT2D eigenvalue weighted by molar-refractivity contribution is -0.138. The lowest BCUT2D eigenvalue weighted by Gasteiger charge is -2.18. The molecule has 0 radical (unpaired) electrons. The zero-order valence-corrected chi connectivity index (χ0v) is 8.55. The highest BCUT2D eigenvalue weighted by Gasteiger charge is 2.18. The molecule has 1 aromatic rings. The number of rotatable bonds is 5. The van der Waals surface area contributed by atoms with Crippen LogP contribution in [0.1, 0.15) is 18.0 Å². The number of aromatic nitrogens is 1. The molecule has 0 fully saturated rings. The molecule has 5 heteroatoms. The van der Waals surface area contributed by atoms with Crippen molar-refractivity contribution in [3.63, 3.8) is 0 Å². The third-order valence-electron chi connectivity index (χ3n) is 2.26. The molecule has 0 saturated carbocycles. The van der Waals surface area contributed by atoms with E-state index in [1.165, 1.54) is 0 Å². The summed E-state index contributed by atoms with van der Waals surface area (Å²) in [5.74, 6) is -0.982. The minimum atomic E-state index is -0.982. The van der Waals surface area contributed by atoms with E-state index < -0.39 is 12.0 Å². The van der Waals surface area contributed by atoms with Crippen LogP contribution in [0.25, 0.3) is 0 Å². The predicted octanol–water partition coefficient (Wildman–Crippen LogP) is 0.144. The summed E-state index contributed by atoms with van der Waals surface area (Å²) in [6.07, 6.45) is 3.70. The number of nitrogens with zero attached hydrogens (tertiary/aromatic N) is 1. The van der Waals surface area contributed by atoms with Crippen LogP contribution >= 0.6 is 0 Å². The summed E-state index contributed by atoms with van der Waals surface area (Å²) >= 11 is 0.